The molecule has 2 aromatic carbocycles. The third kappa shape index (κ3) is 4.30. The molecule has 0 atom stereocenters. The first-order valence-corrected chi connectivity index (χ1v) is 7.89. The molecule has 7 nitrogen and oxygen atoms in total. The maximum absolute atomic E-state index is 9.71. The van der Waals surface area contributed by atoms with Crippen LogP contribution in [0.15, 0.2) is 41.5 Å². The van der Waals surface area contributed by atoms with Crippen LogP contribution in [0.4, 0.5) is 0 Å². The minimum absolute atomic E-state index is 0.0509. The molecule has 0 spiro atoms. The molecule has 2 aromatic rings. The lowest BCUT2D eigenvalue weighted by atomic mass is 10.2. The van der Waals surface area contributed by atoms with Crippen LogP contribution in [0.3, 0.4) is 0 Å². The van der Waals surface area contributed by atoms with E-state index in [9.17, 15) is 5.11 Å². The summed E-state index contributed by atoms with van der Waals surface area (Å²) in [4.78, 5) is 0. The van der Waals surface area contributed by atoms with E-state index in [1.807, 2.05) is 18.2 Å². The lowest BCUT2D eigenvalue weighted by Crippen LogP contribution is -2.31. The van der Waals surface area contributed by atoms with Crippen molar-refractivity contribution >= 4 is 23.5 Å². The van der Waals surface area contributed by atoms with E-state index in [-0.39, 0.29) is 12.5 Å². The molecule has 3 rings (SSSR count). The molecule has 0 aromatic heterocycles. The Kier molecular flexibility index (Phi) is 5.20. The van der Waals surface area contributed by atoms with Crippen molar-refractivity contribution in [1.29, 1.82) is 0 Å². The van der Waals surface area contributed by atoms with Crippen molar-refractivity contribution in [3.63, 3.8) is 0 Å². The third-order valence-electron chi connectivity index (χ3n) is 3.47. The average Bonchev–Trinajstić information content (AvgIpc) is 3.08. The highest BCUT2D eigenvalue weighted by atomic mass is 32.1. The van der Waals surface area contributed by atoms with Crippen LogP contribution in [0.2, 0.25) is 0 Å². The summed E-state index contributed by atoms with van der Waals surface area (Å²) in [6.07, 6.45) is 1.55. The summed E-state index contributed by atoms with van der Waals surface area (Å²) in [5, 5.41) is 17.2. The van der Waals surface area contributed by atoms with Crippen molar-refractivity contribution in [2.24, 2.45) is 5.10 Å². The van der Waals surface area contributed by atoms with Crippen LogP contribution in [-0.2, 0) is 6.54 Å². The second-order valence-corrected chi connectivity index (χ2v) is 5.58. The molecule has 3 N–H and O–H groups in total. The number of phenolic OH excluding ortho intramolecular Hbond substituents is 1. The van der Waals surface area contributed by atoms with Gasteiger partial charge in [0.2, 0.25) is 6.79 Å². The van der Waals surface area contributed by atoms with Gasteiger partial charge in [-0.25, -0.2) is 0 Å². The number of hydrazone groups is 1. The van der Waals surface area contributed by atoms with E-state index >= 15 is 0 Å². The molecule has 0 fully saturated rings. The molecule has 0 saturated carbocycles. The van der Waals surface area contributed by atoms with Gasteiger partial charge in [0.15, 0.2) is 28.1 Å². The number of methoxy groups -OCH3 is 1. The van der Waals surface area contributed by atoms with Gasteiger partial charge < -0.3 is 24.6 Å². The molecule has 8 heteroatoms. The topological polar surface area (TPSA) is 84.3 Å². The van der Waals surface area contributed by atoms with Gasteiger partial charge in [0.25, 0.3) is 0 Å². The van der Waals surface area contributed by atoms with E-state index in [1.54, 1.807) is 24.4 Å². The summed E-state index contributed by atoms with van der Waals surface area (Å²) >= 11 is 5.17. The number of nitrogens with one attached hydrogen (secondary N) is 2. The minimum Gasteiger partial charge on any atom is -0.504 e. The SMILES string of the molecule is COc1ccc(/C=N\NC(=S)NCc2ccc3c(c2)OCO3)cc1O. The Hall–Kier alpha value is -3.00. The summed E-state index contributed by atoms with van der Waals surface area (Å²) in [6, 6.07) is 10.7. The predicted octanol–water partition coefficient (Wildman–Crippen LogP) is 2.13. The minimum atomic E-state index is 0.0509. The largest absolute Gasteiger partial charge is 0.504 e. The highest BCUT2D eigenvalue weighted by molar-refractivity contribution is 7.80. The van der Waals surface area contributed by atoms with Crippen LogP contribution in [-0.4, -0.2) is 30.3 Å². The summed E-state index contributed by atoms with van der Waals surface area (Å²) in [7, 11) is 1.49. The molecule has 0 amide bonds. The molecule has 1 aliphatic rings. The Bertz CT molecular complexity index is 810. The smallest absolute Gasteiger partial charge is 0.231 e. The van der Waals surface area contributed by atoms with Crippen molar-refractivity contribution in [3.05, 3.63) is 47.5 Å². The Labute approximate surface area is 150 Å². The van der Waals surface area contributed by atoms with E-state index in [1.165, 1.54) is 7.11 Å². The number of aromatic hydroxyl groups is 1. The molecule has 130 valence electrons. The number of benzene rings is 2. The first-order valence-electron chi connectivity index (χ1n) is 7.48. The van der Waals surface area contributed by atoms with Crippen molar-refractivity contribution in [1.82, 2.24) is 10.7 Å². The molecular weight excluding hydrogens is 342 g/mol. The zero-order valence-electron chi connectivity index (χ0n) is 13.5. The zero-order chi connectivity index (χ0) is 17.6. The summed E-state index contributed by atoms with van der Waals surface area (Å²) < 4.78 is 15.6. The lowest BCUT2D eigenvalue weighted by molar-refractivity contribution is 0.174. The third-order valence-corrected chi connectivity index (χ3v) is 3.71. The van der Waals surface area contributed by atoms with Crippen molar-refractivity contribution in [3.8, 4) is 23.0 Å². The quantitative estimate of drug-likeness (QED) is 0.428. The molecule has 0 saturated heterocycles. The number of fused-ring (bicyclic) bond motifs is 1. The summed E-state index contributed by atoms with van der Waals surface area (Å²) in [6.45, 7) is 0.781. The van der Waals surface area contributed by atoms with Gasteiger partial charge in [-0.1, -0.05) is 6.07 Å². The Morgan fingerprint density at radius 2 is 2.12 bits per heavy atom. The fourth-order valence-corrected chi connectivity index (χ4v) is 2.35. The number of ether oxygens (including phenoxy) is 3. The fraction of sp³-hybridized carbons (Fsp3) is 0.176. The number of thiocarbonyl (C=S) groups is 1. The number of nitrogens with zero attached hydrogens (tertiary/aromatic N) is 1. The van der Waals surface area contributed by atoms with Gasteiger partial charge in [0.1, 0.15) is 0 Å². The van der Waals surface area contributed by atoms with Gasteiger partial charge in [-0.15, -0.1) is 0 Å². The summed E-state index contributed by atoms with van der Waals surface area (Å²) in [5.41, 5.74) is 4.45. The highest BCUT2D eigenvalue weighted by Crippen LogP contribution is 2.32. The maximum Gasteiger partial charge on any atom is 0.231 e. The Balaban J connectivity index is 1.48. The average molecular weight is 359 g/mol. The number of hydrogen-bond acceptors (Lipinski definition) is 6. The van der Waals surface area contributed by atoms with Crippen LogP contribution in [0.5, 0.6) is 23.0 Å². The van der Waals surface area contributed by atoms with Crippen molar-refractivity contribution < 1.29 is 19.3 Å². The second kappa shape index (κ2) is 7.71. The highest BCUT2D eigenvalue weighted by Gasteiger charge is 2.12. The fourth-order valence-electron chi connectivity index (χ4n) is 2.23. The first kappa shape index (κ1) is 16.8. The predicted molar refractivity (Wildman–Crippen MR) is 97.4 cm³/mol. The van der Waals surface area contributed by atoms with Gasteiger partial charge in [0.05, 0.1) is 13.3 Å². The van der Waals surface area contributed by atoms with Crippen LogP contribution >= 0.6 is 12.2 Å². The van der Waals surface area contributed by atoms with Gasteiger partial charge >= 0.3 is 0 Å². The maximum atomic E-state index is 9.71. The molecule has 0 radical (unpaired) electrons. The van der Waals surface area contributed by atoms with Crippen LogP contribution in [0.1, 0.15) is 11.1 Å². The van der Waals surface area contributed by atoms with Crippen molar-refractivity contribution in [2.45, 2.75) is 6.54 Å². The van der Waals surface area contributed by atoms with Crippen LogP contribution < -0.4 is 25.0 Å². The number of phenols is 1. The number of hydrogen-bond donors (Lipinski definition) is 3. The van der Waals surface area contributed by atoms with E-state index in [4.69, 9.17) is 26.4 Å². The van der Waals surface area contributed by atoms with E-state index in [0.29, 0.717) is 23.0 Å². The second-order valence-electron chi connectivity index (χ2n) is 5.17. The van der Waals surface area contributed by atoms with Crippen LogP contribution in [0, 0.1) is 0 Å². The molecule has 0 bridgehead atoms. The Morgan fingerprint density at radius 1 is 1.28 bits per heavy atom. The summed E-state index contributed by atoms with van der Waals surface area (Å²) in [5.74, 6) is 1.94. The molecule has 0 unspecified atom stereocenters. The van der Waals surface area contributed by atoms with E-state index in [2.05, 4.69) is 15.8 Å². The standard InChI is InChI=1S/C17H17N3O4S/c1-22-14-4-2-11(6-13(14)21)9-19-20-17(25)18-8-12-3-5-15-16(7-12)24-10-23-15/h2-7,9,21H,8,10H2,1H3,(H2,18,20,25)/b19-9-. The molecule has 1 aliphatic heterocycles. The van der Waals surface area contributed by atoms with Gasteiger partial charge in [-0.05, 0) is 53.7 Å². The lowest BCUT2D eigenvalue weighted by Gasteiger charge is -2.08. The van der Waals surface area contributed by atoms with Gasteiger partial charge in [-0.2, -0.15) is 5.10 Å². The zero-order valence-corrected chi connectivity index (χ0v) is 14.3. The van der Waals surface area contributed by atoms with E-state index < -0.39 is 0 Å². The molecule has 1 heterocycles. The van der Waals surface area contributed by atoms with E-state index in [0.717, 1.165) is 17.1 Å². The molecule has 25 heavy (non-hydrogen) atoms. The van der Waals surface area contributed by atoms with Crippen molar-refractivity contribution in [2.75, 3.05) is 13.9 Å². The van der Waals surface area contributed by atoms with Gasteiger partial charge in [-0.3, -0.25) is 5.43 Å². The van der Waals surface area contributed by atoms with Crippen LogP contribution in [0.25, 0.3) is 0 Å². The number of rotatable bonds is 5. The monoisotopic (exact) mass is 359 g/mol. The van der Waals surface area contributed by atoms with Gasteiger partial charge in [0, 0.05) is 6.54 Å². The normalized spacial score (nSPS) is 12.2. The Morgan fingerprint density at radius 3 is 2.92 bits per heavy atom. The first-order chi connectivity index (χ1) is 12.2. The molecular formula is C17H17N3O4S. The molecule has 0 aliphatic carbocycles.